The molecule has 1 aromatic heterocycles. The Bertz CT molecular complexity index is 832. The van der Waals surface area contributed by atoms with E-state index in [2.05, 4.69) is 15.2 Å². The predicted octanol–water partition coefficient (Wildman–Crippen LogP) is 2.61. The largest absolute Gasteiger partial charge is 0.497 e. The summed E-state index contributed by atoms with van der Waals surface area (Å²) in [6.45, 7) is 2.93. The van der Waals surface area contributed by atoms with Crippen LogP contribution < -0.4 is 9.64 Å². The maximum Gasteiger partial charge on any atom is 0.183 e. The van der Waals surface area contributed by atoms with E-state index in [1.807, 2.05) is 24.3 Å². The first-order valence-corrected chi connectivity index (χ1v) is 9.60. The van der Waals surface area contributed by atoms with Crippen LogP contribution in [0.5, 0.6) is 5.75 Å². The summed E-state index contributed by atoms with van der Waals surface area (Å²) in [6, 6.07) is 7.54. The predicted molar refractivity (Wildman–Crippen MR) is 102 cm³/mol. The Labute approximate surface area is 158 Å². The third-order valence-corrected chi connectivity index (χ3v) is 6.02. The van der Waals surface area contributed by atoms with Crippen molar-refractivity contribution in [3.05, 3.63) is 30.0 Å². The van der Waals surface area contributed by atoms with Gasteiger partial charge in [0.1, 0.15) is 5.75 Å². The van der Waals surface area contributed by atoms with E-state index in [-0.39, 0.29) is 11.7 Å². The Morgan fingerprint density at radius 3 is 2.74 bits per heavy atom. The van der Waals surface area contributed by atoms with Crippen molar-refractivity contribution in [3.63, 3.8) is 0 Å². The molecule has 144 valence electrons. The number of carbonyl (C=O) groups is 1. The molecule has 1 aromatic carbocycles. The normalized spacial score (nSPS) is 25.1. The van der Waals surface area contributed by atoms with Crippen molar-refractivity contribution in [1.82, 2.24) is 15.0 Å². The van der Waals surface area contributed by atoms with Crippen LogP contribution in [0.25, 0.3) is 5.69 Å². The first kappa shape index (κ1) is 18.0. The molecule has 27 heavy (non-hydrogen) atoms. The number of hydrogen-bond donors (Lipinski definition) is 1. The Balaban J connectivity index is 1.70. The number of methoxy groups -OCH3 is 1. The molecule has 2 atom stereocenters. The number of hydrogen-bond acceptors (Lipinski definition) is 6. The van der Waals surface area contributed by atoms with Gasteiger partial charge in [-0.15, -0.1) is 5.10 Å². The number of carbonyl (C=O) groups excluding carboxylic acids is 1. The van der Waals surface area contributed by atoms with Crippen LogP contribution in [0.2, 0.25) is 0 Å². The molecule has 1 aliphatic carbocycles. The highest BCUT2D eigenvalue weighted by atomic mass is 16.5. The van der Waals surface area contributed by atoms with Gasteiger partial charge >= 0.3 is 0 Å². The molecule has 2 aromatic rings. The Hall–Kier alpha value is -2.41. The van der Waals surface area contributed by atoms with Gasteiger partial charge in [0.2, 0.25) is 0 Å². The molecule has 2 aliphatic rings. The van der Waals surface area contributed by atoms with Crippen LogP contribution in [-0.4, -0.2) is 51.7 Å². The second-order valence-corrected chi connectivity index (χ2v) is 7.67. The number of piperidine rings is 1. The van der Waals surface area contributed by atoms with Gasteiger partial charge in [0.05, 0.1) is 18.4 Å². The highest BCUT2D eigenvalue weighted by Gasteiger charge is 2.44. The number of nitrogens with zero attached hydrogens (tertiary/aromatic N) is 4. The first-order chi connectivity index (χ1) is 13.0. The second kappa shape index (κ2) is 6.96. The summed E-state index contributed by atoms with van der Waals surface area (Å²) in [5, 5.41) is 19.4. The maximum absolute atomic E-state index is 12.2. The van der Waals surface area contributed by atoms with Gasteiger partial charge in [0, 0.05) is 25.9 Å². The van der Waals surface area contributed by atoms with E-state index in [4.69, 9.17) is 4.74 Å². The number of ketones is 1. The number of rotatable bonds is 4. The van der Waals surface area contributed by atoms with Gasteiger partial charge in [-0.25, -0.2) is 0 Å². The minimum absolute atomic E-state index is 0.103. The summed E-state index contributed by atoms with van der Waals surface area (Å²) in [4.78, 5) is 14.4. The second-order valence-electron chi connectivity index (χ2n) is 7.67. The molecule has 7 heteroatoms. The zero-order valence-corrected chi connectivity index (χ0v) is 15.9. The molecule has 1 saturated heterocycles. The number of fused-ring (bicyclic) bond motifs is 1. The van der Waals surface area contributed by atoms with E-state index in [0.717, 1.165) is 49.5 Å². The molecule has 1 saturated carbocycles. The number of aliphatic hydroxyl groups is 1. The monoisotopic (exact) mass is 370 g/mol. The topological polar surface area (TPSA) is 80.5 Å². The highest BCUT2D eigenvalue weighted by Crippen LogP contribution is 2.41. The minimum Gasteiger partial charge on any atom is -0.497 e. The standard InChI is InChI=1S/C20H26N4O3/c1-14(25)18-19(23-12-11-20(26)10-4-3-5-15(20)13-23)24(22-21-18)16-6-8-17(27-2)9-7-16/h6-9,15,26H,3-5,10-13H2,1-2H3. The van der Waals surface area contributed by atoms with Crippen LogP contribution in [0.4, 0.5) is 5.82 Å². The SMILES string of the molecule is COc1ccc(-n2nnc(C(C)=O)c2N2CCC3(O)CCCCC3C2)cc1. The fourth-order valence-corrected chi connectivity index (χ4v) is 4.45. The van der Waals surface area contributed by atoms with Crippen molar-refractivity contribution in [3.8, 4) is 11.4 Å². The van der Waals surface area contributed by atoms with Gasteiger partial charge in [-0.3, -0.25) is 4.79 Å². The van der Waals surface area contributed by atoms with Crippen LogP contribution >= 0.6 is 0 Å². The zero-order chi connectivity index (χ0) is 19.0. The zero-order valence-electron chi connectivity index (χ0n) is 15.9. The van der Waals surface area contributed by atoms with Crippen LogP contribution in [0.1, 0.15) is 49.5 Å². The molecular formula is C20H26N4O3. The number of aromatic nitrogens is 3. The Morgan fingerprint density at radius 1 is 1.26 bits per heavy atom. The lowest BCUT2D eigenvalue weighted by molar-refractivity contribution is -0.0614. The van der Waals surface area contributed by atoms with Crippen molar-refractivity contribution >= 4 is 11.6 Å². The van der Waals surface area contributed by atoms with E-state index < -0.39 is 5.60 Å². The number of anilines is 1. The molecule has 7 nitrogen and oxygen atoms in total. The Kier molecular flexibility index (Phi) is 4.63. The van der Waals surface area contributed by atoms with Crippen molar-refractivity contribution in [2.24, 2.45) is 5.92 Å². The Morgan fingerprint density at radius 2 is 2.04 bits per heavy atom. The molecule has 0 spiro atoms. The number of benzene rings is 1. The van der Waals surface area contributed by atoms with Crippen molar-refractivity contribution in [2.45, 2.75) is 44.6 Å². The van der Waals surface area contributed by atoms with Crippen LogP contribution in [0, 0.1) is 5.92 Å². The van der Waals surface area contributed by atoms with Crippen LogP contribution in [0.15, 0.2) is 24.3 Å². The summed E-state index contributed by atoms with van der Waals surface area (Å²) >= 11 is 0. The molecule has 1 aliphatic heterocycles. The third kappa shape index (κ3) is 3.20. The summed E-state index contributed by atoms with van der Waals surface area (Å²) in [5.74, 6) is 1.60. The average molecular weight is 370 g/mol. The summed E-state index contributed by atoms with van der Waals surface area (Å²) in [5.41, 5.74) is 0.645. The number of Topliss-reactive ketones (excluding diaryl/α,β-unsaturated/α-hetero) is 1. The van der Waals surface area contributed by atoms with Gasteiger partial charge in [0.25, 0.3) is 0 Å². The fraction of sp³-hybridized carbons (Fsp3) is 0.550. The molecule has 0 bridgehead atoms. The molecule has 4 rings (SSSR count). The van der Waals surface area contributed by atoms with E-state index >= 15 is 0 Å². The number of ether oxygens (including phenoxy) is 1. The molecule has 2 unspecified atom stereocenters. The van der Waals surface area contributed by atoms with E-state index in [1.165, 1.54) is 6.92 Å². The van der Waals surface area contributed by atoms with Crippen molar-refractivity contribution in [1.29, 1.82) is 0 Å². The van der Waals surface area contributed by atoms with E-state index in [0.29, 0.717) is 18.7 Å². The quantitative estimate of drug-likeness (QED) is 0.834. The fourth-order valence-electron chi connectivity index (χ4n) is 4.45. The van der Waals surface area contributed by atoms with Gasteiger partial charge in [-0.05, 0) is 43.5 Å². The van der Waals surface area contributed by atoms with Gasteiger partial charge in [-0.2, -0.15) is 4.68 Å². The van der Waals surface area contributed by atoms with E-state index in [9.17, 15) is 9.90 Å². The van der Waals surface area contributed by atoms with Crippen molar-refractivity contribution in [2.75, 3.05) is 25.1 Å². The summed E-state index contributed by atoms with van der Waals surface area (Å²) in [6.07, 6.45) is 4.85. The summed E-state index contributed by atoms with van der Waals surface area (Å²) in [7, 11) is 1.63. The molecular weight excluding hydrogens is 344 g/mol. The van der Waals surface area contributed by atoms with Gasteiger partial charge in [0.15, 0.2) is 17.3 Å². The first-order valence-electron chi connectivity index (χ1n) is 9.60. The molecule has 0 amide bonds. The lowest BCUT2D eigenvalue weighted by atomic mass is 9.71. The van der Waals surface area contributed by atoms with E-state index in [1.54, 1.807) is 11.8 Å². The highest BCUT2D eigenvalue weighted by molar-refractivity contribution is 5.97. The summed E-state index contributed by atoms with van der Waals surface area (Å²) < 4.78 is 6.95. The van der Waals surface area contributed by atoms with Gasteiger partial charge in [-0.1, -0.05) is 18.1 Å². The molecule has 1 N–H and O–H groups in total. The lowest BCUT2D eigenvalue weighted by Gasteiger charge is -2.48. The van der Waals surface area contributed by atoms with Crippen molar-refractivity contribution < 1.29 is 14.6 Å². The smallest absolute Gasteiger partial charge is 0.183 e. The average Bonchev–Trinajstić information content (AvgIpc) is 3.12. The van der Waals surface area contributed by atoms with Crippen LogP contribution in [0.3, 0.4) is 0 Å². The molecule has 2 heterocycles. The molecule has 2 fully saturated rings. The third-order valence-electron chi connectivity index (χ3n) is 6.02. The molecule has 0 radical (unpaired) electrons. The van der Waals surface area contributed by atoms with Gasteiger partial charge < -0.3 is 14.7 Å². The maximum atomic E-state index is 12.2. The minimum atomic E-state index is -0.566. The lowest BCUT2D eigenvalue weighted by Crippen LogP contribution is -2.54. The van der Waals surface area contributed by atoms with Crippen LogP contribution in [-0.2, 0) is 0 Å².